The summed E-state index contributed by atoms with van der Waals surface area (Å²) in [6, 6.07) is 3.49. The van der Waals surface area contributed by atoms with Gasteiger partial charge in [-0.25, -0.2) is 5.43 Å². The number of amides is 1. The van der Waals surface area contributed by atoms with E-state index in [1.165, 1.54) is 38.5 Å². The minimum Gasteiger partial charge on any atom is -0.287 e. The lowest BCUT2D eigenvalue weighted by molar-refractivity contribution is -0.0257. The van der Waals surface area contributed by atoms with Crippen molar-refractivity contribution < 1.29 is 4.79 Å². The average Bonchev–Trinajstić information content (AvgIpc) is 2.44. The largest absolute Gasteiger partial charge is 0.287 e. The van der Waals surface area contributed by atoms with E-state index in [4.69, 9.17) is 0 Å². The van der Waals surface area contributed by atoms with Crippen LogP contribution in [0.2, 0.25) is 0 Å². The molecule has 0 unspecified atom stereocenters. The fourth-order valence-corrected chi connectivity index (χ4v) is 5.03. The average molecular weight is 271 g/mol. The predicted molar refractivity (Wildman–Crippen MR) is 75.7 cm³/mol. The lowest BCUT2D eigenvalue weighted by atomic mass is 9.53. The van der Waals surface area contributed by atoms with Crippen LogP contribution in [0.25, 0.3) is 0 Å². The first-order valence-electron chi connectivity index (χ1n) is 7.70. The highest BCUT2D eigenvalue weighted by atomic mass is 16.2. The van der Waals surface area contributed by atoms with Crippen LogP contribution in [-0.2, 0) is 0 Å². The number of hydrogen-bond donors (Lipinski definition) is 2. The molecule has 1 aromatic rings. The van der Waals surface area contributed by atoms with Crippen molar-refractivity contribution in [1.82, 2.24) is 15.8 Å². The Bertz CT molecular complexity index is 478. The number of carbonyl (C=O) groups excluding carboxylic acids is 1. The Balaban J connectivity index is 1.43. The molecule has 5 rings (SSSR count). The zero-order valence-electron chi connectivity index (χ0n) is 11.6. The molecular formula is C16H21N3O. The summed E-state index contributed by atoms with van der Waals surface area (Å²) < 4.78 is 0. The summed E-state index contributed by atoms with van der Waals surface area (Å²) in [4.78, 5) is 16.1. The third-order valence-corrected chi connectivity index (χ3v) is 5.42. The van der Waals surface area contributed by atoms with Gasteiger partial charge in [-0.1, -0.05) is 0 Å². The minimum atomic E-state index is -0.0526. The highest BCUT2D eigenvalue weighted by Gasteiger charge is 2.51. The van der Waals surface area contributed by atoms with Gasteiger partial charge in [-0.05, 0) is 68.4 Å². The van der Waals surface area contributed by atoms with Crippen molar-refractivity contribution in [2.24, 2.45) is 17.8 Å². The molecule has 0 spiro atoms. The Hall–Kier alpha value is -1.42. The molecule has 4 aliphatic carbocycles. The van der Waals surface area contributed by atoms with Gasteiger partial charge in [0.1, 0.15) is 0 Å². The van der Waals surface area contributed by atoms with Gasteiger partial charge >= 0.3 is 0 Å². The first-order valence-corrected chi connectivity index (χ1v) is 7.70. The summed E-state index contributed by atoms with van der Waals surface area (Å²) in [5.74, 6) is 2.59. The van der Waals surface area contributed by atoms with Gasteiger partial charge in [-0.2, -0.15) is 0 Å². The van der Waals surface area contributed by atoms with Crippen molar-refractivity contribution in [3.05, 3.63) is 30.1 Å². The van der Waals surface area contributed by atoms with E-state index in [0.717, 1.165) is 17.8 Å². The molecule has 1 amide bonds. The number of pyridine rings is 1. The number of rotatable bonds is 3. The predicted octanol–water partition coefficient (Wildman–Crippen LogP) is 2.28. The first-order chi connectivity index (χ1) is 9.72. The second-order valence-electron chi connectivity index (χ2n) is 7.01. The van der Waals surface area contributed by atoms with Crippen molar-refractivity contribution in [1.29, 1.82) is 0 Å². The SMILES string of the molecule is O=C(NNC12CC3CC(CC(C3)C1)C2)c1ccncc1. The van der Waals surface area contributed by atoms with Crippen LogP contribution in [0.15, 0.2) is 24.5 Å². The minimum absolute atomic E-state index is 0.0526. The van der Waals surface area contributed by atoms with E-state index < -0.39 is 0 Å². The molecule has 106 valence electrons. The number of carbonyl (C=O) groups is 1. The lowest BCUT2D eigenvalue weighted by Gasteiger charge is -2.56. The maximum Gasteiger partial charge on any atom is 0.265 e. The zero-order chi connectivity index (χ0) is 13.6. The molecule has 4 nitrogen and oxygen atoms in total. The summed E-state index contributed by atoms with van der Waals surface area (Å²) >= 11 is 0. The Kier molecular flexibility index (Phi) is 2.81. The fraction of sp³-hybridized carbons (Fsp3) is 0.625. The van der Waals surface area contributed by atoms with Crippen LogP contribution in [0.4, 0.5) is 0 Å². The Morgan fingerprint density at radius 2 is 1.60 bits per heavy atom. The summed E-state index contributed by atoms with van der Waals surface area (Å²) in [5, 5.41) is 0. The summed E-state index contributed by atoms with van der Waals surface area (Å²) in [7, 11) is 0. The molecule has 4 aliphatic rings. The third-order valence-electron chi connectivity index (χ3n) is 5.42. The summed E-state index contributed by atoms with van der Waals surface area (Å²) in [5.41, 5.74) is 7.17. The van der Waals surface area contributed by atoms with Gasteiger partial charge < -0.3 is 0 Å². The first kappa shape index (κ1) is 12.3. The normalized spacial score (nSPS) is 37.9. The molecule has 0 radical (unpaired) electrons. The van der Waals surface area contributed by atoms with E-state index in [2.05, 4.69) is 15.8 Å². The van der Waals surface area contributed by atoms with Gasteiger partial charge in [0, 0.05) is 23.5 Å². The molecule has 0 aromatic carbocycles. The summed E-state index contributed by atoms with van der Waals surface area (Å²) in [6.45, 7) is 0. The van der Waals surface area contributed by atoms with E-state index in [-0.39, 0.29) is 11.4 Å². The van der Waals surface area contributed by atoms with Crippen LogP contribution >= 0.6 is 0 Å². The van der Waals surface area contributed by atoms with Crippen molar-refractivity contribution in [3.8, 4) is 0 Å². The number of nitrogens with one attached hydrogen (secondary N) is 2. The molecule has 0 atom stereocenters. The number of hydrazine groups is 1. The summed E-state index contributed by atoms with van der Waals surface area (Å²) in [6.07, 6.45) is 11.2. The van der Waals surface area contributed by atoms with Gasteiger partial charge in [-0.15, -0.1) is 0 Å². The van der Waals surface area contributed by atoms with Gasteiger partial charge in [0.25, 0.3) is 5.91 Å². The maximum atomic E-state index is 12.1. The lowest BCUT2D eigenvalue weighted by Crippen LogP contribution is -2.62. The van der Waals surface area contributed by atoms with Crippen molar-refractivity contribution in [2.45, 2.75) is 44.1 Å². The van der Waals surface area contributed by atoms with Crippen LogP contribution in [0, 0.1) is 17.8 Å². The molecule has 2 N–H and O–H groups in total. The molecule has 1 aromatic heterocycles. The zero-order valence-corrected chi connectivity index (χ0v) is 11.6. The number of aromatic nitrogens is 1. The molecule has 4 heteroatoms. The van der Waals surface area contributed by atoms with E-state index in [0.29, 0.717) is 5.56 Å². The molecule has 0 aliphatic heterocycles. The number of hydrogen-bond acceptors (Lipinski definition) is 3. The van der Waals surface area contributed by atoms with Crippen LogP contribution in [0.3, 0.4) is 0 Å². The quantitative estimate of drug-likeness (QED) is 0.829. The second-order valence-corrected chi connectivity index (χ2v) is 7.01. The van der Waals surface area contributed by atoms with Crippen molar-refractivity contribution in [3.63, 3.8) is 0 Å². The third kappa shape index (κ3) is 2.12. The van der Waals surface area contributed by atoms with Crippen molar-refractivity contribution in [2.75, 3.05) is 0 Å². The van der Waals surface area contributed by atoms with Crippen molar-refractivity contribution >= 4 is 5.91 Å². The van der Waals surface area contributed by atoms with Gasteiger partial charge in [0.2, 0.25) is 0 Å². The fourth-order valence-electron chi connectivity index (χ4n) is 5.03. The second kappa shape index (κ2) is 4.55. The Labute approximate surface area is 119 Å². The van der Waals surface area contributed by atoms with E-state index >= 15 is 0 Å². The highest BCUT2D eigenvalue weighted by molar-refractivity contribution is 5.93. The Morgan fingerprint density at radius 1 is 1.05 bits per heavy atom. The van der Waals surface area contributed by atoms with E-state index in [1.807, 2.05) is 0 Å². The molecule has 0 saturated heterocycles. The van der Waals surface area contributed by atoms with E-state index in [1.54, 1.807) is 24.5 Å². The smallest absolute Gasteiger partial charge is 0.265 e. The van der Waals surface area contributed by atoms with Crippen LogP contribution in [0.5, 0.6) is 0 Å². The molecule has 4 fully saturated rings. The Morgan fingerprint density at radius 3 is 2.15 bits per heavy atom. The number of nitrogens with zero attached hydrogens (tertiary/aromatic N) is 1. The van der Waals surface area contributed by atoms with Crippen LogP contribution in [-0.4, -0.2) is 16.4 Å². The molecule has 4 saturated carbocycles. The molecule has 1 heterocycles. The van der Waals surface area contributed by atoms with Gasteiger partial charge in [0.15, 0.2) is 0 Å². The van der Waals surface area contributed by atoms with Crippen LogP contribution in [0.1, 0.15) is 48.9 Å². The van der Waals surface area contributed by atoms with Crippen LogP contribution < -0.4 is 10.9 Å². The van der Waals surface area contributed by atoms with Gasteiger partial charge in [-0.3, -0.25) is 15.2 Å². The topological polar surface area (TPSA) is 54.0 Å². The van der Waals surface area contributed by atoms with E-state index in [9.17, 15) is 4.79 Å². The molecule has 4 bridgehead atoms. The monoisotopic (exact) mass is 271 g/mol. The molecule has 20 heavy (non-hydrogen) atoms. The maximum absolute atomic E-state index is 12.1. The van der Waals surface area contributed by atoms with Gasteiger partial charge in [0.05, 0.1) is 0 Å². The standard InChI is InChI=1S/C16H21N3O/c20-15(14-1-3-17-4-2-14)18-19-16-8-11-5-12(9-16)7-13(6-11)10-16/h1-4,11-13,19H,5-10H2,(H,18,20). The highest BCUT2D eigenvalue weighted by Crippen LogP contribution is 2.55. The molecular weight excluding hydrogens is 250 g/mol.